The molecule has 0 heterocycles. The molecule has 0 saturated heterocycles. The van der Waals surface area contributed by atoms with E-state index in [9.17, 15) is 10.0 Å². The largest absolute Gasteiger partial charge is 0.498 e. The van der Waals surface area contributed by atoms with Gasteiger partial charge in [0.1, 0.15) is 0 Å². The molecule has 0 atom stereocenters. The van der Waals surface area contributed by atoms with E-state index < -0.39 is 5.41 Å². The molecule has 0 amide bonds. The third-order valence-corrected chi connectivity index (χ3v) is 0.828. The molecule has 0 aromatic carbocycles. The SMILES string of the molecule is CC(C)(C)C(=O)C#[N+][O-]. The molecule has 3 heteroatoms. The molecule has 0 spiro atoms. The van der Waals surface area contributed by atoms with E-state index in [0.717, 1.165) is 0 Å². The molecule has 0 N–H and O–H groups in total. The van der Waals surface area contributed by atoms with Crippen LogP contribution in [0.5, 0.6) is 0 Å². The van der Waals surface area contributed by atoms with Crippen molar-refractivity contribution in [2.45, 2.75) is 20.8 Å². The molecule has 0 aromatic rings. The number of nitrogens with zero attached hydrogens (tertiary/aromatic N) is 1. The maximum Gasteiger partial charge on any atom is 0.376 e. The van der Waals surface area contributed by atoms with Crippen LogP contribution in [-0.2, 0) is 4.79 Å². The first-order valence-corrected chi connectivity index (χ1v) is 2.61. The van der Waals surface area contributed by atoms with E-state index >= 15 is 0 Å². The number of Topliss-reactive ketones (excluding diaryl/α,β-unsaturated/α-hetero) is 1. The van der Waals surface area contributed by atoms with Gasteiger partial charge in [-0.25, -0.2) is 0 Å². The van der Waals surface area contributed by atoms with Gasteiger partial charge in [-0.3, -0.25) is 4.79 Å². The van der Waals surface area contributed by atoms with Crippen LogP contribution in [0.2, 0.25) is 0 Å². The van der Waals surface area contributed by atoms with Crippen LogP contribution in [0.4, 0.5) is 0 Å². The van der Waals surface area contributed by atoms with Crippen LogP contribution < -0.4 is 0 Å². The van der Waals surface area contributed by atoms with Crippen molar-refractivity contribution in [2.24, 2.45) is 5.41 Å². The van der Waals surface area contributed by atoms with E-state index in [1.807, 2.05) is 6.07 Å². The van der Waals surface area contributed by atoms with Gasteiger partial charge in [0.15, 0.2) is 0 Å². The summed E-state index contributed by atoms with van der Waals surface area (Å²) >= 11 is 0. The minimum absolute atomic E-state index is 0.363. The van der Waals surface area contributed by atoms with Gasteiger partial charge in [-0.15, -0.1) is 0 Å². The van der Waals surface area contributed by atoms with Crippen molar-refractivity contribution < 1.29 is 4.79 Å². The van der Waals surface area contributed by atoms with Crippen molar-refractivity contribution in [3.05, 3.63) is 10.2 Å². The fraction of sp³-hybridized carbons (Fsp3) is 0.667. The first-order valence-electron chi connectivity index (χ1n) is 2.61. The second-order valence-electron chi connectivity index (χ2n) is 2.78. The van der Waals surface area contributed by atoms with E-state index in [4.69, 9.17) is 0 Å². The Bertz CT molecular complexity index is 168. The molecule has 50 valence electrons. The molecular formula is C6H9NO2. The molecule has 0 rings (SSSR count). The highest BCUT2D eigenvalue weighted by molar-refractivity contribution is 5.98. The molecule has 0 aromatic heterocycles. The van der Waals surface area contributed by atoms with Gasteiger partial charge in [-0.05, 0) is 0 Å². The van der Waals surface area contributed by atoms with Crippen LogP contribution in [-0.4, -0.2) is 5.78 Å². The standard InChI is InChI=1S/C6H9NO2/c1-6(2,3)5(8)4-7-9/h1-3H3. The maximum absolute atomic E-state index is 10.7. The highest BCUT2D eigenvalue weighted by Crippen LogP contribution is 2.13. The van der Waals surface area contributed by atoms with E-state index in [0.29, 0.717) is 0 Å². The van der Waals surface area contributed by atoms with Crippen LogP contribution in [0.3, 0.4) is 0 Å². The molecule has 0 aliphatic carbocycles. The predicted molar refractivity (Wildman–Crippen MR) is 35.1 cm³/mol. The Labute approximate surface area is 54.1 Å². The summed E-state index contributed by atoms with van der Waals surface area (Å²) in [6.07, 6.45) is 0. The van der Waals surface area contributed by atoms with Crippen LogP contribution in [0.15, 0.2) is 0 Å². The summed E-state index contributed by atoms with van der Waals surface area (Å²) in [6, 6.07) is 1.82. The Morgan fingerprint density at radius 1 is 1.56 bits per heavy atom. The van der Waals surface area contributed by atoms with Crippen LogP contribution in [0.1, 0.15) is 20.8 Å². The van der Waals surface area contributed by atoms with Gasteiger partial charge < -0.3 is 5.21 Å². The zero-order chi connectivity index (χ0) is 7.49. The van der Waals surface area contributed by atoms with Gasteiger partial charge >= 0.3 is 6.07 Å². The Kier molecular flexibility index (Phi) is 2.20. The van der Waals surface area contributed by atoms with Crippen LogP contribution in [0, 0.1) is 16.7 Å². The number of rotatable bonds is 0. The van der Waals surface area contributed by atoms with E-state index in [2.05, 4.69) is 5.01 Å². The number of carbonyl (C=O) groups is 1. The lowest BCUT2D eigenvalue weighted by Gasteiger charge is -2.06. The second-order valence-corrected chi connectivity index (χ2v) is 2.78. The fourth-order valence-corrected chi connectivity index (χ4v) is 0.209. The molecular weight excluding hydrogens is 118 g/mol. The summed E-state index contributed by atoms with van der Waals surface area (Å²) < 4.78 is 0. The number of hydrogen-bond acceptors (Lipinski definition) is 2. The lowest BCUT2D eigenvalue weighted by atomic mass is 9.92. The molecule has 9 heavy (non-hydrogen) atoms. The predicted octanol–water partition coefficient (Wildman–Crippen LogP) is 1.43. The summed E-state index contributed by atoms with van der Waals surface area (Å²) in [5.41, 5.74) is -0.534. The Hall–Kier alpha value is -1.04. The van der Waals surface area contributed by atoms with Crippen molar-refractivity contribution in [2.75, 3.05) is 0 Å². The van der Waals surface area contributed by atoms with E-state index in [1.54, 1.807) is 20.8 Å². The highest BCUT2D eigenvalue weighted by Gasteiger charge is 2.23. The van der Waals surface area contributed by atoms with Crippen molar-refractivity contribution in [3.63, 3.8) is 0 Å². The highest BCUT2D eigenvalue weighted by atomic mass is 16.4. The smallest absolute Gasteiger partial charge is 0.376 e. The number of hydrogen-bond donors (Lipinski definition) is 0. The third-order valence-electron chi connectivity index (χ3n) is 0.828. The van der Waals surface area contributed by atoms with Crippen molar-refractivity contribution in [3.8, 4) is 6.07 Å². The van der Waals surface area contributed by atoms with E-state index in [-0.39, 0.29) is 5.78 Å². The summed E-state index contributed by atoms with van der Waals surface area (Å²) in [4.78, 5) is 10.7. The number of carbonyl (C=O) groups excluding carboxylic acids is 1. The van der Waals surface area contributed by atoms with Gasteiger partial charge in [0.05, 0.1) is 0 Å². The minimum atomic E-state index is -0.534. The monoisotopic (exact) mass is 127 g/mol. The molecule has 3 nitrogen and oxygen atoms in total. The zero-order valence-corrected chi connectivity index (χ0v) is 5.76. The minimum Gasteiger partial charge on any atom is -0.498 e. The summed E-state index contributed by atoms with van der Waals surface area (Å²) in [6.45, 7) is 5.11. The Balaban J connectivity index is 4.17. The normalized spacial score (nSPS) is 9.67. The van der Waals surface area contributed by atoms with Gasteiger partial charge in [0, 0.05) is 10.4 Å². The molecule has 0 aliphatic rings. The lowest BCUT2D eigenvalue weighted by Crippen LogP contribution is -2.17. The molecule has 0 unspecified atom stereocenters. The first-order chi connectivity index (χ1) is 3.98. The maximum atomic E-state index is 10.7. The van der Waals surface area contributed by atoms with Crippen molar-refractivity contribution >= 4 is 5.78 Å². The van der Waals surface area contributed by atoms with Crippen LogP contribution in [0.25, 0.3) is 5.01 Å². The summed E-state index contributed by atoms with van der Waals surface area (Å²) in [5.74, 6) is -0.363. The fourth-order valence-electron chi connectivity index (χ4n) is 0.209. The molecule has 0 fully saturated rings. The molecule has 0 saturated carbocycles. The summed E-state index contributed by atoms with van der Waals surface area (Å²) in [7, 11) is 0. The average molecular weight is 127 g/mol. The van der Waals surface area contributed by atoms with E-state index in [1.165, 1.54) is 0 Å². The number of ketones is 1. The topological polar surface area (TPSA) is 44.5 Å². The first kappa shape index (κ1) is 7.96. The average Bonchev–Trinajstić information content (AvgIpc) is 1.64. The van der Waals surface area contributed by atoms with Gasteiger partial charge in [0.2, 0.25) is 0 Å². The third kappa shape index (κ3) is 2.70. The Morgan fingerprint density at radius 2 is 2.00 bits per heavy atom. The van der Waals surface area contributed by atoms with Crippen LogP contribution >= 0.6 is 0 Å². The summed E-state index contributed by atoms with van der Waals surface area (Å²) in [5, 5.41) is 11.7. The van der Waals surface area contributed by atoms with Gasteiger partial charge in [-0.1, -0.05) is 20.8 Å². The Morgan fingerprint density at radius 3 is 2.11 bits per heavy atom. The second kappa shape index (κ2) is 2.49. The lowest BCUT2D eigenvalue weighted by molar-refractivity contribution is -0.120. The zero-order valence-electron chi connectivity index (χ0n) is 5.76. The molecule has 0 bridgehead atoms. The van der Waals surface area contributed by atoms with Gasteiger partial charge in [0.25, 0.3) is 5.78 Å². The molecule has 0 aliphatic heterocycles. The van der Waals surface area contributed by atoms with Crippen molar-refractivity contribution in [1.82, 2.24) is 0 Å². The van der Waals surface area contributed by atoms with Crippen molar-refractivity contribution in [1.29, 1.82) is 0 Å². The molecule has 0 radical (unpaired) electrons. The quantitative estimate of drug-likeness (QED) is 0.365. The van der Waals surface area contributed by atoms with Gasteiger partial charge in [-0.2, -0.15) is 0 Å².